The molecule has 0 saturated carbocycles. The number of hydrogen-bond acceptors (Lipinski definition) is 6. The van der Waals surface area contributed by atoms with Crippen molar-refractivity contribution < 1.29 is 29.0 Å². The van der Waals surface area contributed by atoms with Gasteiger partial charge in [0.25, 0.3) is 0 Å². The Hall–Kier alpha value is -3.30. The van der Waals surface area contributed by atoms with E-state index in [-0.39, 0.29) is 41.6 Å². The first-order chi connectivity index (χ1) is 16.7. The van der Waals surface area contributed by atoms with Gasteiger partial charge in [-0.1, -0.05) is 30.3 Å². The number of ketones is 1. The topological polar surface area (TPSA) is 123 Å². The highest BCUT2D eigenvalue weighted by Crippen LogP contribution is 2.39. The second kappa shape index (κ2) is 10.5. The van der Waals surface area contributed by atoms with Crippen LogP contribution in [0.4, 0.5) is 0 Å². The summed E-state index contributed by atoms with van der Waals surface area (Å²) in [5, 5.41) is 21.1. The third kappa shape index (κ3) is 5.52. The van der Waals surface area contributed by atoms with Crippen LogP contribution < -0.4 is 10.5 Å². The number of phenols is 2. The maximum Gasteiger partial charge on any atom is 0.217 e. The van der Waals surface area contributed by atoms with E-state index in [0.717, 1.165) is 5.56 Å². The highest BCUT2D eigenvalue weighted by molar-refractivity contribution is 9.11. The average Bonchev–Trinajstić information content (AvgIpc) is 3.17. The van der Waals surface area contributed by atoms with E-state index in [1.165, 1.54) is 18.2 Å². The summed E-state index contributed by atoms with van der Waals surface area (Å²) in [6, 6.07) is 15.5. The molecule has 180 valence electrons. The number of aromatic hydroxyl groups is 2. The molecule has 0 fully saturated rings. The van der Waals surface area contributed by atoms with Gasteiger partial charge in [0.1, 0.15) is 23.7 Å². The second-order valence-electron chi connectivity index (χ2n) is 7.93. The molecule has 4 rings (SSSR count). The van der Waals surface area contributed by atoms with Gasteiger partial charge in [-0.25, -0.2) is 0 Å². The number of phenolic OH excluding ortho intramolecular Hbond substituents is 2. The number of aryl methyl sites for hydroxylation is 1. The minimum absolute atomic E-state index is 0.0295. The number of hydrogen-bond donors (Lipinski definition) is 3. The first kappa shape index (κ1) is 24.8. The molecule has 0 atom stereocenters. The average molecular weight is 603 g/mol. The van der Waals surface area contributed by atoms with E-state index in [2.05, 4.69) is 31.9 Å². The van der Waals surface area contributed by atoms with E-state index in [1.807, 2.05) is 30.3 Å². The Morgan fingerprint density at radius 1 is 1.00 bits per heavy atom. The summed E-state index contributed by atoms with van der Waals surface area (Å²) in [5.41, 5.74) is 7.12. The largest absolute Gasteiger partial charge is 0.506 e. The summed E-state index contributed by atoms with van der Waals surface area (Å²) in [6.45, 7) is 0.243. The van der Waals surface area contributed by atoms with Gasteiger partial charge in [-0.3, -0.25) is 9.59 Å². The van der Waals surface area contributed by atoms with Gasteiger partial charge in [-0.2, -0.15) is 0 Å². The van der Waals surface area contributed by atoms with Gasteiger partial charge in [0.05, 0.1) is 14.5 Å². The highest BCUT2D eigenvalue weighted by Gasteiger charge is 2.25. The number of carbonyl (C=O) groups excluding carboxylic acids is 2. The van der Waals surface area contributed by atoms with Gasteiger partial charge < -0.3 is 25.1 Å². The fourth-order valence-electron chi connectivity index (χ4n) is 3.70. The molecule has 0 aliphatic heterocycles. The van der Waals surface area contributed by atoms with Crippen LogP contribution in [0, 0.1) is 0 Å². The van der Waals surface area contributed by atoms with Crippen molar-refractivity contribution in [2.24, 2.45) is 5.73 Å². The monoisotopic (exact) mass is 601 g/mol. The number of nitrogens with two attached hydrogens (primary N) is 1. The van der Waals surface area contributed by atoms with Gasteiger partial charge >= 0.3 is 0 Å². The molecule has 1 amide bonds. The molecule has 4 N–H and O–H groups in total. The smallest absolute Gasteiger partial charge is 0.217 e. The fraction of sp³-hybridized carbons (Fsp3) is 0.154. The minimum Gasteiger partial charge on any atom is -0.506 e. The zero-order valence-corrected chi connectivity index (χ0v) is 21.6. The van der Waals surface area contributed by atoms with Gasteiger partial charge in [0, 0.05) is 29.9 Å². The lowest BCUT2D eigenvalue weighted by Gasteiger charge is -2.09. The number of rotatable bonds is 9. The summed E-state index contributed by atoms with van der Waals surface area (Å²) in [5.74, 6) is -0.400. The predicted octanol–water partition coefficient (Wildman–Crippen LogP) is 5.99. The molecule has 1 aromatic heterocycles. The van der Waals surface area contributed by atoms with E-state index in [0.29, 0.717) is 44.1 Å². The Labute approximate surface area is 217 Å². The number of ether oxygens (including phenoxy) is 1. The van der Waals surface area contributed by atoms with Crippen LogP contribution in [0.15, 0.2) is 68.0 Å². The number of benzene rings is 3. The van der Waals surface area contributed by atoms with Gasteiger partial charge in [0.2, 0.25) is 5.91 Å². The van der Waals surface area contributed by atoms with Crippen LogP contribution in [0.3, 0.4) is 0 Å². The zero-order chi connectivity index (χ0) is 25.1. The molecule has 1 heterocycles. The zero-order valence-electron chi connectivity index (χ0n) is 18.4. The molecule has 0 aliphatic rings. The predicted molar refractivity (Wildman–Crippen MR) is 138 cm³/mol. The van der Waals surface area contributed by atoms with Crippen molar-refractivity contribution in [2.75, 3.05) is 0 Å². The van der Waals surface area contributed by atoms with Gasteiger partial charge in [-0.05, 0) is 62.0 Å². The lowest BCUT2D eigenvalue weighted by molar-refractivity contribution is -0.118. The Morgan fingerprint density at radius 2 is 1.69 bits per heavy atom. The van der Waals surface area contributed by atoms with Crippen LogP contribution >= 0.6 is 31.9 Å². The molecule has 3 aromatic carbocycles. The maximum absolute atomic E-state index is 13.6. The summed E-state index contributed by atoms with van der Waals surface area (Å²) < 4.78 is 12.5. The molecular weight excluding hydrogens is 582 g/mol. The number of halogens is 2. The van der Waals surface area contributed by atoms with Crippen molar-refractivity contribution in [3.63, 3.8) is 0 Å². The molecule has 0 saturated heterocycles. The molecule has 0 radical (unpaired) electrons. The van der Waals surface area contributed by atoms with Crippen LogP contribution in [0.25, 0.3) is 11.0 Å². The maximum atomic E-state index is 13.6. The van der Waals surface area contributed by atoms with Crippen molar-refractivity contribution >= 4 is 54.5 Å². The van der Waals surface area contributed by atoms with Crippen LogP contribution in [0.1, 0.15) is 40.1 Å². The normalized spacial score (nSPS) is 11.0. The third-order valence-corrected chi connectivity index (χ3v) is 6.62. The highest BCUT2D eigenvalue weighted by atomic mass is 79.9. The van der Waals surface area contributed by atoms with Crippen molar-refractivity contribution in [2.45, 2.75) is 25.9 Å². The molecule has 0 unspecified atom stereocenters. The van der Waals surface area contributed by atoms with Gasteiger partial charge in [0.15, 0.2) is 17.3 Å². The number of furan rings is 1. The Balaban J connectivity index is 1.75. The Kier molecular flexibility index (Phi) is 7.47. The van der Waals surface area contributed by atoms with Crippen molar-refractivity contribution in [1.82, 2.24) is 0 Å². The molecule has 9 heteroatoms. The van der Waals surface area contributed by atoms with Crippen LogP contribution in [-0.2, 0) is 17.8 Å². The van der Waals surface area contributed by atoms with E-state index >= 15 is 0 Å². The second-order valence-corrected chi connectivity index (χ2v) is 9.64. The number of primary amides is 1. The van der Waals surface area contributed by atoms with E-state index < -0.39 is 5.91 Å². The summed E-state index contributed by atoms with van der Waals surface area (Å²) in [6.07, 6.45) is 0.819. The van der Waals surface area contributed by atoms with Crippen molar-refractivity contribution in [3.8, 4) is 17.2 Å². The van der Waals surface area contributed by atoms with Crippen molar-refractivity contribution in [1.29, 1.82) is 0 Å². The molecule has 0 aliphatic carbocycles. The SMILES string of the molecule is NC(=O)CCCc1oc2cc(OCc3ccccc3)c(O)cc2c1C(=O)c1cc(Br)c(O)c(Br)c1. The van der Waals surface area contributed by atoms with Crippen molar-refractivity contribution in [3.05, 3.63) is 86.0 Å². The number of fused-ring (bicyclic) bond motifs is 1. The van der Waals surface area contributed by atoms with Crippen LogP contribution in [0.2, 0.25) is 0 Å². The molecule has 35 heavy (non-hydrogen) atoms. The minimum atomic E-state index is -0.449. The number of amides is 1. The molecule has 4 aromatic rings. The first-order valence-corrected chi connectivity index (χ1v) is 12.3. The summed E-state index contributed by atoms with van der Waals surface area (Å²) in [4.78, 5) is 24.8. The van der Waals surface area contributed by atoms with Crippen LogP contribution in [0.5, 0.6) is 17.2 Å². The molecule has 0 bridgehead atoms. The molecule has 7 nitrogen and oxygen atoms in total. The standard InChI is InChI=1S/C26H21Br2NO6/c27-17-9-15(10-18(28)26(17)33)25(32)24-16-11-19(30)22(34-13-14-5-2-1-3-6-14)12-21(16)35-20(24)7-4-8-23(29)31/h1-3,5-6,9-12,30,33H,4,7-8,13H2,(H2,29,31). The number of carbonyl (C=O) groups is 2. The molecule has 0 spiro atoms. The molecular formula is C26H21Br2NO6. The quantitative estimate of drug-likeness (QED) is 0.202. The summed E-state index contributed by atoms with van der Waals surface area (Å²) in [7, 11) is 0. The van der Waals surface area contributed by atoms with Gasteiger partial charge in [-0.15, -0.1) is 0 Å². The lowest BCUT2D eigenvalue weighted by atomic mass is 9.98. The van der Waals surface area contributed by atoms with E-state index in [4.69, 9.17) is 14.9 Å². The van der Waals surface area contributed by atoms with E-state index in [1.54, 1.807) is 6.07 Å². The fourth-order valence-corrected chi connectivity index (χ4v) is 4.89. The lowest BCUT2D eigenvalue weighted by Crippen LogP contribution is -2.10. The Bertz CT molecular complexity index is 1390. The third-order valence-electron chi connectivity index (χ3n) is 5.41. The Morgan fingerprint density at radius 3 is 2.34 bits per heavy atom. The van der Waals surface area contributed by atoms with E-state index in [9.17, 15) is 19.8 Å². The van der Waals surface area contributed by atoms with Crippen LogP contribution in [-0.4, -0.2) is 21.9 Å². The first-order valence-electron chi connectivity index (χ1n) is 10.7. The summed E-state index contributed by atoms with van der Waals surface area (Å²) >= 11 is 6.50.